The molecule has 0 heterocycles. The van der Waals surface area contributed by atoms with Crippen molar-refractivity contribution in [3.8, 4) is 5.75 Å². The molecule has 0 aliphatic rings. The van der Waals surface area contributed by atoms with Crippen molar-refractivity contribution in [2.24, 2.45) is 0 Å². The van der Waals surface area contributed by atoms with Gasteiger partial charge in [-0.3, -0.25) is 0 Å². The van der Waals surface area contributed by atoms with Crippen LogP contribution in [0, 0.1) is 12.7 Å². The van der Waals surface area contributed by atoms with E-state index in [0.717, 1.165) is 18.2 Å². The number of rotatable bonds is 3. The summed E-state index contributed by atoms with van der Waals surface area (Å²) in [5.41, 5.74) is -0.556. The molecule has 128 valence electrons. The van der Waals surface area contributed by atoms with Crippen molar-refractivity contribution in [1.82, 2.24) is 0 Å². The van der Waals surface area contributed by atoms with Gasteiger partial charge in [-0.1, -0.05) is 6.07 Å². The first kappa shape index (κ1) is 17.6. The molecule has 0 bridgehead atoms. The maximum atomic E-state index is 13.7. The predicted octanol–water partition coefficient (Wildman–Crippen LogP) is 4.81. The van der Waals surface area contributed by atoms with Gasteiger partial charge in [-0.05, 0) is 42.8 Å². The molecule has 2 rings (SSSR count). The number of aryl methyl sites for hydroxylation is 1. The fourth-order valence-electron chi connectivity index (χ4n) is 1.98. The van der Waals surface area contributed by atoms with Crippen LogP contribution in [0.2, 0.25) is 0 Å². The summed E-state index contributed by atoms with van der Waals surface area (Å²) >= 11 is 0. The Morgan fingerprint density at radius 1 is 1.04 bits per heavy atom. The van der Waals surface area contributed by atoms with Gasteiger partial charge >= 0.3 is 12.2 Å². The SMILES string of the molecule is COc1ccc(C(F)(F)F)cc1NC(=O)Nc1ccc(C)cc1F. The lowest BCUT2D eigenvalue weighted by Crippen LogP contribution is -2.21. The minimum atomic E-state index is -4.57. The number of hydrogen-bond donors (Lipinski definition) is 2. The van der Waals surface area contributed by atoms with Gasteiger partial charge in [-0.2, -0.15) is 13.2 Å². The van der Waals surface area contributed by atoms with E-state index < -0.39 is 23.6 Å². The number of hydrogen-bond acceptors (Lipinski definition) is 2. The number of carbonyl (C=O) groups is 1. The Kier molecular flexibility index (Phi) is 4.96. The highest BCUT2D eigenvalue weighted by atomic mass is 19.4. The summed E-state index contributed by atoms with van der Waals surface area (Å²) in [5, 5.41) is 4.46. The van der Waals surface area contributed by atoms with E-state index in [0.29, 0.717) is 5.56 Å². The van der Waals surface area contributed by atoms with Gasteiger partial charge in [0.05, 0.1) is 24.0 Å². The Balaban J connectivity index is 2.21. The molecule has 0 saturated carbocycles. The van der Waals surface area contributed by atoms with Crippen LogP contribution < -0.4 is 15.4 Å². The average Bonchev–Trinajstić information content (AvgIpc) is 2.49. The third kappa shape index (κ3) is 4.15. The first-order valence-corrected chi connectivity index (χ1v) is 6.80. The zero-order valence-electron chi connectivity index (χ0n) is 12.8. The molecule has 24 heavy (non-hydrogen) atoms. The summed E-state index contributed by atoms with van der Waals surface area (Å²) in [7, 11) is 1.26. The minimum absolute atomic E-state index is 0.0440. The Morgan fingerprint density at radius 2 is 1.71 bits per heavy atom. The molecule has 2 amide bonds. The number of carbonyl (C=O) groups excluding carboxylic acids is 1. The first-order chi connectivity index (χ1) is 11.2. The average molecular weight is 342 g/mol. The zero-order valence-corrected chi connectivity index (χ0v) is 12.8. The van der Waals surface area contributed by atoms with Crippen LogP contribution >= 0.6 is 0 Å². The van der Waals surface area contributed by atoms with Crippen LogP contribution in [-0.4, -0.2) is 13.1 Å². The zero-order chi connectivity index (χ0) is 17.9. The van der Waals surface area contributed by atoms with Gasteiger partial charge < -0.3 is 15.4 Å². The molecule has 0 aromatic heterocycles. The van der Waals surface area contributed by atoms with Gasteiger partial charge in [-0.15, -0.1) is 0 Å². The van der Waals surface area contributed by atoms with Crippen LogP contribution in [0.4, 0.5) is 33.7 Å². The molecule has 4 nitrogen and oxygen atoms in total. The summed E-state index contributed by atoms with van der Waals surface area (Å²) in [6, 6.07) is 5.93. The lowest BCUT2D eigenvalue weighted by Gasteiger charge is -2.14. The lowest BCUT2D eigenvalue weighted by atomic mass is 10.2. The molecule has 0 spiro atoms. The van der Waals surface area contributed by atoms with E-state index in [4.69, 9.17) is 4.74 Å². The summed E-state index contributed by atoms with van der Waals surface area (Å²) < 4.78 is 56.9. The highest BCUT2D eigenvalue weighted by molar-refractivity contribution is 6.00. The van der Waals surface area contributed by atoms with E-state index in [1.54, 1.807) is 13.0 Å². The molecule has 0 atom stereocenters. The normalized spacial score (nSPS) is 11.1. The quantitative estimate of drug-likeness (QED) is 0.787. The number of methoxy groups -OCH3 is 1. The standard InChI is InChI=1S/C16H14F4N2O2/c1-9-3-5-12(11(17)7-9)21-15(23)22-13-8-10(16(18,19)20)4-6-14(13)24-2/h3-8H,1-2H3,(H2,21,22,23). The molecule has 8 heteroatoms. The Morgan fingerprint density at radius 3 is 2.29 bits per heavy atom. The summed E-state index contributed by atoms with van der Waals surface area (Å²) in [4.78, 5) is 11.9. The maximum absolute atomic E-state index is 13.7. The highest BCUT2D eigenvalue weighted by Crippen LogP contribution is 2.35. The second kappa shape index (κ2) is 6.77. The monoisotopic (exact) mass is 342 g/mol. The van der Waals surface area contributed by atoms with Crippen molar-refractivity contribution in [3.05, 3.63) is 53.3 Å². The number of anilines is 2. The van der Waals surface area contributed by atoms with Gasteiger partial charge in [0.2, 0.25) is 0 Å². The summed E-state index contributed by atoms with van der Waals surface area (Å²) in [6.45, 7) is 1.68. The van der Waals surface area contributed by atoms with Crippen molar-refractivity contribution in [3.63, 3.8) is 0 Å². The van der Waals surface area contributed by atoms with Gasteiger partial charge in [-0.25, -0.2) is 9.18 Å². The van der Waals surface area contributed by atoms with Crippen LogP contribution in [0.5, 0.6) is 5.75 Å². The van der Waals surface area contributed by atoms with Gasteiger partial charge in [0.1, 0.15) is 11.6 Å². The Hall–Kier alpha value is -2.77. The fourth-order valence-corrected chi connectivity index (χ4v) is 1.98. The van der Waals surface area contributed by atoms with Crippen molar-refractivity contribution in [2.45, 2.75) is 13.1 Å². The molecule has 0 unspecified atom stereocenters. The second-order valence-electron chi connectivity index (χ2n) is 4.98. The maximum Gasteiger partial charge on any atom is 0.416 e. The highest BCUT2D eigenvalue weighted by Gasteiger charge is 2.31. The topological polar surface area (TPSA) is 50.4 Å². The number of ether oxygens (including phenoxy) is 1. The summed E-state index contributed by atoms with van der Waals surface area (Å²) in [5.74, 6) is -0.608. The molecule has 2 aromatic rings. The first-order valence-electron chi connectivity index (χ1n) is 6.80. The molecule has 0 saturated heterocycles. The van der Waals surface area contributed by atoms with Crippen LogP contribution in [0.1, 0.15) is 11.1 Å². The molecule has 2 N–H and O–H groups in total. The number of benzene rings is 2. The number of alkyl halides is 3. The smallest absolute Gasteiger partial charge is 0.416 e. The van der Waals surface area contributed by atoms with Crippen molar-refractivity contribution >= 4 is 17.4 Å². The third-order valence-corrected chi connectivity index (χ3v) is 3.15. The Bertz CT molecular complexity index is 760. The fraction of sp³-hybridized carbons (Fsp3) is 0.188. The van der Waals surface area contributed by atoms with Crippen LogP contribution in [0.3, 0.4) is 0 Å². The van der Waals surface area contributed by atoms with Crippen molar-refractivity contribution in [2.75, 3.05) is 17.7 Å². The number of nitrogens with one attached hydrogen (secondary N) is 2. The van der Waals surface area contributed by atoms with E-state index in [1.165, 1.54) is 19.2 Å². The molecular formula is C16H14F4N2O2. The number of amides is 2. The minimum Gasteiger partial charge on any atom is -0.495 e. The van der Waals surface area contributed by atoms with Gasteiger partial charge in [0.25, 0.3) is 0 Å². The number of urea groups is 1. The van der Waals surface area contributed by atoms with E-state index >= 15 is 0 Å². The molecule has 0 radical (unpaired) electrons. The van der Waals surface area contributed by atoms with Crippen molar-refractivity contribution < 1.29 is 27.1 Å². The molecule has 0 aliphatic heterocycles. The van der Waals surface area contributed by atoms with Crippen LogP contribution in [0.25, 0.3) is 0 Å². The number of halogens is 4. The van der Waals surface area contributed by atoms with Crippen LogP contribution in [-0.2, 0) is 6.18 Å². The molecule has 2 aromatic carbocycles. The van der Waals surface area contributed by atoms with E-state index in [1.807, 2.05) is 0 Å². The second-order valence-corrected chi connectivity index (χ2v) is 4.98. The van der Waals surface area contributed by atoms with Crippen molar-refractivity contribution in [1.29, 1.82) is 0 Å². The van der Waals surface area contributed by atoms with E-state index in [2.05, 4.69) is 10.6 Å². The van der Waals surface area contributed by atoms with Gasteiger partial charge in [0.15, 0.2) is 0 Å². The van der Waals surface area contributed by atoms with Crippen LogP contribution in [0.15, 0.2) is 36.4 Å². The summed E-state index contributed by atoms with van der Waals surface area (Å²) in [6.07, 6.45) is -4.57. The Labute approximate surface area is 135 Å². The molecular weight excluding hydrogens is 328 g/mol. The lowest BCUT2D eigenvalue weighted by molar-refractivity contribution is -0.137. The van der Waals surface area contributed by atoms with E-state index in [9.17, 15) is 22.4 Å². The molecule has 0 fully saturated rings. The third-order valence-electron chi connectivity index (χ3n) is 3.15. The largest absolute Gasteiger partial charge is 0.495 e. The van der Waals surface area contributed by atoms with E-state index in [-0.39, 0.29) is 17.1 Å². The predicted molar refractivity (Wildman–Crippen MR) is 81.8 cm³/mol. The molecule has 0 aliphatic carbocycles. The van der Waals surface area contributed by atoms with Gasteiger partial charge in [0, 0.05) is 0 Å².